The highest BCUT2D eigenvalue weighted by molar-refractivity contribution is 5.85. The van der Waals surface area contributed by atoms with E-state index in [0.717, 1.165) is 17.5 Å². The summed E-state index contributed by atoms with van der Waals surface area (Å²) < 4.78 is 0. The Balaban J connectivity index is 1.98. The molecular formula is C17H16N2. The number of hydrogen-bond donors (Lipinski definition) is 1. The molecule has 0 spiro atoms. The van der Waals surface area contributed by atoms with Crippen LogP contribution in [0.5, 0.6) is 0 Å². The number of hydrogen-bond acceptors (Lipinski definition) is 2. The molecule has 0 saturated heterocycles. The van der Waals surface area contributed by atoms with Crippen LogP contribution in [0.3, 0.4) is 0 Å². The number of nitrogens with two attached hydrogens (primary N) is 1. The van der Waals surface area contributed by atoms with Gasteiger partial charge >= 0.3 is 0 Å². The van der Waals surface area contributed by atoms with E-state index in [2.05, 4.69) is 47.4 Å². The normalized spacial score (nSPS) is 10.8. The summed E-state index contributed by atoms with van der Waals surface area (Å²) in [5.74, 6) is 0. The van der Waals surface area contributed by atoms with Gasteiger partial charge in [-0.2, -0.15) is 0 Å². The van der Waals surface area contributed by atoms with Crippen molar-refractivity contribution in [3.8, 4) is 0 Å². The van der Waals surface area contributed by atoms with E-state index in [1.54, 1.807) is 0 Å². The van der Waals surface area contributed by atoms with Crippen LogP contribution in [0.2, 0.25) is 0 Å². The SMILES string of the molecule is NCc1nccc2cc(Cc3ccccc3)ccc12. The average molecular weight is 248 g/mol. The molecule has 0 aliphatic rings. The summed E-state index contributed by atoms with van der Waals surface area (Å²) in [6, 6.07) is 19.1. The van der Waals surface area contributed by atoms with Crippen molar-refractivity contribution in [2.45, 2.75) is 13.0 Å². The van der Waals surface area contributed by atoms with E-state index in [0.29, 0.717) is 6.54 Å². The highest BCUT2D eigenvalue weighted by Gasteiger charge is 2.02. The lowest BCUT2D eigenvalue weighted by molar-refractivity contribution is 1.01. The third-order valence-corrected chi connectivity index (χ3v) is 3.36. The number of nitrogens with zero attached hydrogens (tertiary/aromatic N) is 1. The van der Waals surface area contributed by atoms with E-state index in [1.165, 1.54) is 16.5 Å². The predicted molar refractivity (Wildman–Crippen MR) is 78.9 cm³/mol. The number of rotatable bonds is 3. The molecule has 2 N–H and O–H groups in total. The van der Waals surface area contributed by atoms with Crippen LogP contribution < -0.4 is 5.73 Å². The zero-order chi connectivity index (χ0) is 13.1. The molecule has 0 fully saturated rings. The molecular weight excluding hydrogens is 232 g/mol. The zero-order valence-electron chi connectivity index (χ0n) is 10.7. The van der Waals surface area contributed by atoms with E-state index in [1.807, 2.05) is 18.3 Å². The molecule has 94 valence electrons. The minimum absolute atomic E-state index is 0.482. The summed E-state index contributed by atoms with van der Waals surface area (Å²) in [6.45, 7) is 0.482. The van der Waals surface area contributed by atoms with Gasteiger partial charge in [-0.15, -0.1) is 0 Å². The Kier molecular flexibility index (Phi) is 3.25. The minimum Gasteiger partial charge on any atom is -0.325 e. The van der Waals surface area contributed by atoms with Crippen molar-refractivity contribution in [3.63, 3.8) is 0 Å². The van der Waals surface area contributed by atoms with Gasteiger partial charge in [-0.3, -0.25) is 4.98 Å². The van der Waals surface area contributed by atoms with Crippen LogP contribution in [-0.2, 0) is 13.0 Å². The Labute approximate surface area is 112 Å². The maximum atomic E-state index is 5.72. The summed E-state index contributed by atoms with van der Waals surface area (Å²) in [4.78, 5) is 4.31. The van der Waals surface area contributed by atoms with Crippen LogP contribution in [0.4, 0.5) is 0 Å². The summed E-state index contributed by atoms with van der Waals surface area (Å²) in [5.41, 5.74) is 9.32. The lowest BCUT2D eigenvalue weighted by Crippen LogP contribution is -2.00. The molecule has 3 rings (SSSR count). The molecule has 0 saturated carbocycles. The lowest BCUT2D eigenvalue weighted by Gasteiger charge is -2.06. The van der Waals surface area contributed by atoms with Gasteiger partial charge in [0.05, 0.1) is 5.69 Å². The monoisotopic (exact) mass is 248 g/mol. The van der Waals surface area contributed by atoms with Gasteiger partial charge in [-0.1, -0.05) is 48.5 Å². The first kappa shape index (κ1) is 11.9. The Bertz CT molecular complexity index is 690. The van der Waals surface area contributed by atoms with Gasteiger partial charge in [0.15, 0.2) is 0 Å². The molecule has 0 unspecified atom stereocenters. The summed E-state index contributed by atoms with van der Waals surface area (Å²) in [5, 5.41) is 2.37. The fourth-order valence-corrected chi connectivity index (χ4v) is 2.39. The topological polar surface area (TPSA) is 38.9 Å². The van der Waals surface area contributed by atoms with Crippen LogP contribution in [0.1, 0.15) is 16.8 Å². The molecule has 0 radical (unpaired) electrons. The van der Waals surface area contributed by atoms with E-state index >= 15 is 0 Å². The number of pyridine rings is 1. The highest BCUT2D eigenvalue weighted by atomic mass is 14.7. The Morgan fingerprint density at radius 1 is 0.895 bits per heavy atom. The van der Waals surface area contributed by atoms with Crippen molar-refractivity contribution in [2.75, 3.05) is 0 Å². The van der Waals surface area contributed by atoms with Gasteiger partial charge in [-0.25, -0.2) is 0 Å². The molecule has 0 aliphatic carbocycles. The minimum atomic E-state index is 0.482. The third kappa shape index (κ3) is 2.49. The van der Waals surface area contributed by atoms with Crippen molar-refractivity contribution >= 4 is 10.8 Å². The van der Waals surface area contributed by atoms with E-state index in [-0.39, 0.29) is 0 Å². The van der Waals surface area contributed by atoms with Crippen molar-refractivity contribution in [3.05, 3.63) is 77.6 Å². The van der Waals surface area contributed by atoms with Crippen LogP contribution in [0.15, 0.2) is 60.8 Å². The fraction of sp³-hybridized carbons (Fsp3) is 0.118. The van der Waals surface area contributed by atoms with Crippen LogP contribution in [0.25, 0.3) is 10.8 Å². The molecule has 2 heteroatoms. The second-order valence-electron chi connectivity index (χ2n) is 4.68. The number of benzene rings is 2. The third-order valence-electron chi connectivity index (χ3n) is 3.36. The Morgan fingerprint density at radius 3 is 2.53 bits per heavy atom. The molecule has 2 aromatic carbocycles. The van der Waals surface area contributed by atoms with Crippen molar-refractivity contribution in [2.24, 2.45) is 5.73 Å². The van der Waals surface area contributed by atoms with Gasteiger partial charge in [0.1, 0.15) is 0 Å². The first-order valence-corrected chi connectivity index (χ1v) is 6.47. The molecule has 0 bridgehead atoms. The molecule has 1 aromatic heterocycles. The molecule has 3 aromatic rings. The summed E-state index contributed by atoms with van der Waals surface area (Å²) in [7, 11) is 0. The van der Waals surface area contributed by atoms with Gasteiger partial charge in [0.25, 0.3) is 0 Å². The second kappa shape index (κ2) is 5.21. The van der Waals surface area contributed by atoms with E-state index < -0.39 is 0 Å². The van der Waals surface area contributed by atoms with E-state index in [9.17, 15) is 0 Å². The molecule has 0 aliphatic heterocycles. The van der Waals surface area contributed by atoms with Gasteiger partial charge in [-0.05, 0) is 29.0 Å². The van der Waals surface area contributed by atoms with Gasteiger partial charge in [0.2, 0.25) is 0 Å². The molecule has 19 heavy (non-hydrogen) atoms. The van der Waals surface area contributed by atoms with Gasteiger partial charge in [0, 0.05) is 18.1 Å². The zero-order valence-corrected chi connectivity index (χ0v) is 10.7. The molecule has 2 nitrogen and oxygen atoms in total. The molecule has 1 heterocycles. The van der Waals surface area contributed by atoms with Crippen molar-refractivity contribution in [1.29, 1.82) is 0 Å². The largest absolute Gasteiger partial charge is 0.325 e. The fourth-order valence-electron chi connectivity index (χ4n) is 2.39. The van der Waals surface area contributed by atoms with Crippen LogP contribution in [-0.4, -0.2) is 4.98 Å². The standard InChI is InChI=1S/C17H16N2/c18-12-17-16-7-6-14(11-15(16)8-9-19-17)10-13-4-2-1-3-5-13/h1-9,11H,10,12,18H2. The van der Waals surface area contributed by atoms with Crippen LogP contribution >= 0.6 is 0 Å². The smallest absolute Gasteiger partial charge is 0.0617 e. The molecule has 0 amide bonds. The average Bonchev–Trinajstić information content (AvgIpc) is 2.47. The summed E-state index contributed by atoms with van der Waals surface area (Å²) >= 11 is 0. The maximum absolute atomic E-state index is 5.72. The summed E-state index contributed by atoms with van der Waals surface area (Å²) in [6.07, 6.45) is 2.79. The highest BCUT2D eigenvalue weighted by Crippen LogP contribution is 2.20. The van der Waals surface area contributed by atoms with Crippen LogP contribution in [0, 0.1) is 0 Å². The van der Waals surface area contributed by atoms with Crippen molar-refractivity contribution < 1.29 is 0 Å². The number of fused-ring (bicyclic) bond motifs is 1. The first-order chi connectivity index (χ1) is 9.36. The Morgan fingerprint density at radius 2 is 1.74 bits per heavy atom. The predicted octanol–water partition coefficient (Wildman–Crippen LogP) is 3.28. The quantitative estimate of drug-likeness (QED) is 0.772. The number of aromatic nitrogens is 1. The maximum Gasteiger partial charge on any atom is 0.0617 e. The van der Waals surface area contributed by atoms with Gasteiger partial charge < -0.3 is 5.73 Å². The first-order valence-electron chi connectivity index (χ1n) is 6.47. The van der Waals surface area contributed by atoms with Crippen molar-refractivity contribution in [1.82, 2.24) is 4.98 Å². The second-order valence-corrected chi connectivity index (χ2v) is 4.68. The Hall–Kier alpha value is -2.19. The van der Waals surface area contributed by atoms with E-state index in [4.69, 9.17) is 5.73 Å². The molecule has 0 atom stereocenters. The lowest BCUT2D eigenvalue weighted by atomic mass is 10.0.